The lowest BCUT2D eigenvalue weighted by molar-refractivity contribution is -0.131. The quantitative estimate of drug-likeness (QED) is 0.0364. The van der Waals surface area contributed by atoms with Crippen molar-refractivity contribution in [3.8, 4) is 23.0 Å². The van der Waals surface area contributed by atoms with Crippen molar-refractivity contribution in [3.05, 3.63) is 300 Å². The molecule has 0 atom stereocenters. The lowest BCUT2D eigenvalue weighted by atomic mass is 9.78. The summed E-state index contributed by atoms with van der Waals surface area (Å²) < 4.78 is 22.0. The van der Waals surface area contributed by atoms with Crippen molar-refractivity contribution in [2.75, 3.05) is 16.9 Å². The molecule has 0 amide bonds. The van der Waals surface area contributed by atoms with Crippen LogP contribution in [0.1, 0.15) is 59.7 Å². The zero-order valence-electron chi connectivity index (χ0n) is 44.7. The number of ether oxygens (including phenoxy) is 4. The van der Waals surface area contributed by atoms with Crippen molar-refractivity contribution >= 4 is 57.9 Å². The van der Waals surface area contributed by atoms with E-state index in [4.69, 9.17) is 18.9 Å². The average molecular weight is 1040 g/mol. The molecule has 10 rings (SSSR count). The van der Waals surface area contributed by atoms with Crippen LogP contribution in [0, 0.1) is 0 Å². The van der Waals surface area contributed by atoms with Gasteiger partial charge in [0.2, 0.25) is 0 Å². The van der Waals surface area contributed by atoms with E-state index in [1.165, 1.54) is 18.1 Å². The van der Waals surface area contributed by atoms with E-state index >= 15 is 0 Å². The first-order valence-corrected chi connectivity index (χ1v) is 26.4. The van der Waals surface area contributed by atoms with Gasteiger partial charge >= 0.3 is 12.1 Å². The molecule has 0 radical (unpaired) electrons. The highest BCUT2D eigenvalue weighted by Gasteiger charge is 2.24. The van der Waals surface area contributed by atoms with Gasteiger partial charge in [-0.25, -0.2) is 4.79 Å². The summed E-state index contributed by atoms with van der Waals surface area (Å²) in [7, 11) is 1.66. The minimum Gasteiger partial charge on any atom is -0.497 e. The molecule has 10 aromatic carbocycles. The van der Waals surface area contributed by atoms with Crippen LogP contribution in [0.25, 0.3) is 11.6 Å². The fraction of sp³-hybridized carbons (Fsp3) is 0.0986. The maximum absolute atomic E-state index is 13.1. The van der Waals surface area contributed by atoms with E-state index in [-0.39, 0.29) is 11.4 Å². The van der Waals surface area contributed by atoms with Crippen molar-refractivity contribution in [1.82, 2.24) is 0 Å². The highest BCUT2D eigenvalue weighted by Crippen LogP contribution is 2.38. The van der Waals surface area contributed by atoms with E-state index in [0.29, 0.717) is 17.2 Å². The Balaban J connectivity index is 0.818. The second-order valence-corrected chi connectivity index (χ2v) is 19.6. The van der Waals surface area contributed by atoms with Crippen molar-refractivity contribution in [2.45, 2.75) is 39.0 Å². The van der Waals surface area contributed by atoms with Gasteiger partial charge in [0, 0.05) is 46.5 Å². The van der Waals surface area contributed by atoms with Gasteiger partial charge < -0.3 is 28.7 Å². The van der Waals surface area contributed by atoms with Gasteiger partial charge in [-0.15, -0.1) is 0 Å². The van der Waals surface area contributed by atoms with E-state index in [2.05, 4.69) is 175 Å². The SMILES string of the molecule is COc1ccc(C(=Cc2ccc(N(c3ccccc3)c3ccc(CCc4ccc(N(c5ccccc5)c5ccccc5)cc4)cc3)cc2)c2ccc(OC(=O)Oc3ccc(C(C)(C)c4ccc(OC(C)=O)cc4)cc3)cc2)cc1. The summed E-state index contributed by atoms with van der Waals surface area (Å²) in [6, 6.07) is 88.0. The molecule has 0 saturated carbocycles. The molecule has 390 valence electrons. The standard InChI is InChI=1S/C71H60N2O6/c1-51(74)77-66-46-32-57(33-47-66)71(2,3)58-34-48-68(49-35-58)79-70(75)78-67-44-30-56(31-45-67)69(55-28-42-65(76-4)43-29-55)50-54-26-40-64(41-27-54)73(61-18-12-7-13-19-61)63-38-24-53(25-39-63)21-20-52-22-36-62(37-23-52)72(59-14-8-5-9-15-59)60-16-10-6-11-17-60/h5-19,22-50H,20-21H2,1-4H3. The second kappa shape index (κ2) is 24.4. The maximum Gasteiger partial charge on any atom is 0.519 e. The van der Waals surface area contributed by atoms with E-state index in [1.54, 1.807) is 43.5 Å². The number of carbonyl (C=O) groups is 2. The Morgan fingerprint density at radius 1 is 0.392 bits per heavy atom. The molecule has 10 aromatic rings. The summed E-state index contributed by atoms with van der Waals surface area (Å²) >= 11 is 0. The van der Waals surface area contributed by atoms with Gasteiger partial charge in [-0.2, -0.15) is 0 Å². The summed E-state index contributed by atoms with van der Waals surface area (Å²) in [6.45, 7) is 5.58. The van der Waals surface area contributed by atoms with Crippen LogP contribution in [0.5, 0.6) is 23.0 Å². The largest absolute Gasteiger partial charge is 0.519 e. The number of hydrogen-bond donors (Lipinski definition) is 0. The van der Waals surface area contributed by atoms with Crippen LogP contribution in [0.4, 0.5) is 38.9 Å². The Morgan fingerprint density at radius 2 is 0.722 bits per heavy atom. The number of benzene rings is 10. The zero-order valence-corrected chi connectivity index (χ0v) is 44.7. The van der Waals surface area contributed by atoms with E-state index < -0.39 is 6.16 Å². The summed E-state index contributed by atoms with van der Waals surface area (Å²) in [6.07, 6.45) is 3.16. The fourth-order valence-electron chi connectivity index (χ4n) is 9.66. The van der Waals surface area contributed by atoms with Crippen LogP contribution in [0.15, 0.2) is 261 Å². The topological polar surface area (TPSA) is 77.5 Å². The minimum atomic E-state index is -0.847. The highest BCUT2D eigenvalue weighted by molar-refractivity contribution is 5.92. The molecule has 8 heteroatoms. The predicted octanol–water partition coefficient (Wildman–Crippen LogP) is 17.8. The van der Waals surface area contributed by atoms with Gasteiger partial charge in [-0.05, 0) is 185 Å². The lowest BCUT2D eigenvalue weighted by Crippen LogP contribution is -2.19. The number of para-hydroxylation sites is 3. The molecule has 0 saturated heterocycles. The number of anilines is 6. The minimum absolute atomic E-state index is 0.344. The Hall–Kier alpha value is -9.92. The normalized spacial score (nSPS) is 11.3. The van der Waals surface area contributed by atoms with Crippen molar-refractivity contribution in [2.24, 2.45) is 0 Å². The molecule has 0 fully saturated rings. The number of methoxy groups -OCH3 is 1. The molecule has 0 unspecified atom stereocenters. The van der Waals surface area contributed by atoms with Crippen molar-refractivity contribution in [3.63, 3.8) is 0 Å². The summed E-state index contributed by atoms with van der Waals surface area (Å²) in [5, 5.41) is 0. The van der Waals surface area contributed by atoms with E-state index in [0.717, 1.165) is 86.1 Å². The molecule has 0 heterocycles. The Labute approximate surface area is 463 Å². The number of rotatable bonds is 18. The first kappa shape index (κ1) is 52.5. The van der Waals surface area contributed by atoms with Crippen LogP contribution in [-0.4, -0.2) is 19.2 Å². The highest BCUT2D eigenvalue weighted by atomic mass is 16.7. The van der Waals surface area contributed by atoms with Gasteiger partial charge in [0.25, 0.3) is 0 Å². The van der Waals surface area contributed by atoms with Crippen LogP contribution < -0.4 is 28.7 Å². The smallest absolute Gasteiger partial charge is 0.497 e. The molecule has 0 N–H and O–H groups in total. The summed E-state index contributed by atoms with van der Waals surface area (Å²) in [5.74, 6) is 1.58. The Morgan fingerprint density at radius 3 is 1.09 bits per heavy atom. The molecule has 0 bridgehead atoms. The molecule has 8 nitrogen and oxygen atoms in total. The molecule has 0 aromatic heterocycles. The third-order valence-corrected chi connectivity index (χ3v) is 14.0. The van der Waals surface area contributed by atoms with Gasteiger partial charge in [-0.1, -0.05) is 153 Å². The number of aryl methyl sites for hydroxylation is 2. The van der Waals surface area contributed by atoms with Gasteiger partial charge in [-0.3, -0.25) is 4.79 Å². The molecule has 0 aliphatic heterocycles. The number of nitrogens with zero attached hydrogens (tertiary/aromatic N) is 2. The lowest BCUT2D eigenvalue weighted by Gasteiger charge is -2.26. The first-order valence-electron chi connectivity index (χ1n) is 26.4. The van der Waals surface area contributed by atoms with Crippen LogP contribution in [0.3, 0.4) is 0 Å². The Kier molecular flexibility index (Phi) is 16.2. The second-order valence-electron chi connectivity index (χ2n) is 19.6. The van der Waals surface area contributed by atoms with Crippen LogP contribution in [-0.2, 0) is 23.1 Å². The van der Waals surface area contributed by atoms with Gasteiger partial charge in [0.05, 0.1) is 7.11 Å². The van der Waals surface area contributed by atoms with Crippen LogP contribution in [0.2, 0.25) is 0 Å². The molecular weight excluding hydrogens is 977 g/mol. The molecule has 0 spiro atoms. The molecule has 79 heavy (non-hydrogen) atoms. The first-order chi connectivity index (χ1) is 38.6. The van der Waals surface area contributed by atoms with E-state index in [9.17, 15) is 9.59 Å². The van der Waals surface area contributed by atoms with Gasteiger partial charge in [0.1, 0.15) is 23.0 Å². The number of carbonyl (C=O) groups excluding carboxylic acids is 2. The van der Waals surface area contributed by atoms with Crippen molar-refractivity contribution < 1.29 is 28.5 Å². The van der Waals surface area contributed by atoms with Gasteiger partial charge in [0.15, 0.2) is 0 Å². The average Bonchev–Trinajstić information content (AvgIpc) is 3.49. The third-order valence-electron chi connectivity index (χ3n) is 14.0. The summed E-state index contributed by atoms with van der Waals surface area (Å²) in [4.78, 5) is 29.0. The molecule has 0 aliphatic rings. The zero-order chi connectivity index (χ0) is 54.6. The number of esters is 1. The number of hydrogen-bond acceptors (Lipinski definition) is 8. The van der Waals surface area contributed by atoms with Crippen molar-refractivity contribution in [1.29, 1.82) is 0 Å². The molecule has 0 aliphatic carbocycles. The predicted molar refractivity (Wildman–Crippen MR) is 319 cm³/mol. The fourth-order valence-corrected chi connectivity index (χ4v) is 9.66. The summed E-state index contributed by atoms with van der Waals surface area (Å²) in [5.41, 5.74) is 14.7. The molecular formula is C71H60N2O6. The van der Waals surface area contributed by atoms with Crippen LogP contribution >= 0.6 is 0 Å². The maximum atomic E-state index is 13.1. The monoisotopic (exact) mass is 1040 g/mol. The van der Waals surface area contributed by atoms with E-state index in [1.807, 2.05) is 78.9 Å². The Bertz CT molecular complexity index is 3580. The third kappa shape index (κ3) is 13.0.